The van der Waals surface area contributed by atoms with E-state index in [2.05, 4.69) is 0 Å². The molecule has 0 unspecified atom stereocenters. The van der Waals surface area contributed by atoms with E-state index in [-0.39, 0.29) is 11.9 Å². The Hall–Kier alpha value is -0.570. The first-order valence-corrected chi connectivity index (χ1v) is 5.10. The molecule has 1 fully saturated rings. The Bertz CT molecular complexity index is 168. The Morgan fingerprint density at radius 3 is 2.77 bits per heavy atom. The molecule has 0 spiro atoms. The summed E-state index contributed by atoms with van der Waals surface area (Å²) in [6.07, 6.45) is 4.20. The number of hydrogen-bond donors (Lipinski definition) is 1. The van der Waals surface area contributed by atoms with Crippen LogP contribution in [0.2, 0.25) is 0 Å². The Labute approximate surface area is 79.1 Å². The fourth-order valence-corrected chi connectivity index (χ4v) is 1.81. The largest absolute Gasteiger partial charge is 0.466 e. The molecule has 0 bridgehead atoms. The summed E-state index contributed by atoms with van der Waals surface area (Å²) >= 11 is 0. The van der Waals surface area contributed by atoms with Crippen molar-refractivity contribution in [1.29, 1.82) is 0 Å². The molecule has 1 N–H and O–H groups in total. The van der Waals surface area contributed by atoms with Crippen LogP contribution in [0.15, 0.2) is 0 Å². The molecule has 0 heterocycles. The van der Waals surface area contributed by atoms with Crippen molar-refractivity contribution in [3.05, 3.63) is 0 Å². The van der Waals surface area contributed by atoms with Crippen LogP contribution < -0.4 is 0 Å². The van der Waals surface area contributed by atoms with E-state index in [0.717, 1.165) is 32.1 Å². The summed E-state index contributed by atoms with van der Waals surface area (Å²) in [6.45, 7) is 2.20. The fraction of sp³-hybridized carbons (Fsp3) is 0.900. The molecule has 0 amide bonds. The molecule has 1 aliphatic carbocycles. The van der Waals surface area contributed by atoms with Gasteiger partial charge in [0, 0.05) is 0 Å². The lowest BCUT2D eigenvalue weighted by atomic mass is 9.98. The lowest BCUT2D eigenvalue weighted by Crippen LogP contribution is -2.28. The number of aliphatic hydroxyl groups is 1. The summed E-state index contributed by atoms with van der Waals surface area (Å²) in [5, 5.41) is 9.65. The van der Waals surface area contributed by atoms with E-state index < -0.39 is 6.10 Å². The van der Waals surface area contributed by atoms with Crippen molar-refractivity contribution in [3.63, 3.8) is 0 Å². The standard InChI is InChI=1S/C10H18O3/c1-2-13-10(12)8-6-4-3-5-7-9(8)11/h8-9,11H,2-7H2,1H3/t8-,9+/m1/s1. The number of carbonyl (C=O) groups excluding carboxylic acids is 1. The number of aliphatic hydroxyl groups excluding tert-OH is 1. The molecule has 0 aromatic rings. The van der Waals surface area contributed by atoms with Crippen LogP contribution in [0, 0.1) is 5.92 Å². The highest BCUT2D eigenvalue weighted by molar-refractivity contribution is 5.73. The van der Waals surface area contributed by atoms with Gasteiger partial charge >= 0.3 is 5.97 Å². The zero-order valence-electron chi connectivity index (χ0n) is 8.16. The van der Waals surface area contributed by atoms with Crippen molar-refractivity contribution < 1.29 is 14.6 Å². The summed E-state index contributed by atoms with van der Waals surface area (Å²) < 4.78 is 4.91. The molecule has 1 rings (SSSR count). The van der Waals surface area contributed by atoms with Gasteiger partial charge in [0.05, 0.1) is 18.6 Å². The van der Waals surface area contributed by atoms with Crippen molar-refractivity contribution in [2.24, 2.45) is 5.92 Å². The van der Waals surface area contributed by atoms with Crippen LogP contribution in [-0.4, -0.2) is 23.8 Å². The average molecular weight is 186 g/mol. The minimum Gasteiger partial charge on any atom is -0.466 e. The van der Waals surface area contributed by atoms with Crippen LogP contribution in [-0.2, 0) is 9.53 Å². The van der Waals surface area contributed by atoms with Gasteiger partial charge in [-0.3, -0.25) is 4.79 Å². The van der Waals surface area contributed by atoms with E-state index in [0.29, 0.717) is 6.61 Å². The quantitative estimate of drug-likeness (QED) is 0.525. The third kappa shape index (κ3) is 2.99. The van der Waals surface area contributed by atoms with Gasteiger partial charge in [-0.25, -0.2) is 0 Å². The fourth-order valence-electron chi connectivity index (χ4n) is 1.81. The predicted octanol–water partition coefficient (Wildman–Crippen LogP) is 1.49. The summed E-state index contributed by atoms with van der Waals surface area (Å²) in [7, 11) is 0. The topological polar surface area (TPSA) is 46.5 Å². The lowest BCUT2D eigenvalue weighted by Gasteiger charge is -2.17. The van der Waals surface area contributed by atoms with Gasteiger partial charge in [-0.1, -0.05) is 19.3 Å². The molecule has 13 heavy (non-hydrogen) atoms. The molecular weight excluding hydrogens is 168 g/mol. The van der Waals surface area contributed by atoms with E-state index in [1.807, 2.05) is 0 Å². The molecule has 0 aliphatic heterocycles. The first-order chi connectivity index (χ1) is 6.25. The first kappa shape index (κ1) is 10.5. The van der Waals surface area contributed by atoms with Gasteiger partial charge in [-0.05, 0) is 19.8 Å². The second-order valence-corrected chi connectivity index (χ2v) is 3.56. The molecule has 2 atom stereocenters. The number of ether oxygens (including phenoxy) is 1. The Morgan fingerprint density at radius 2 is 2.08 bits per heavy atom. The molecule has 3 nitrogen and oxygen atoms in total. The van der Waals surface area contributed by atoms with Gasteiger partial charge in [-0.15, -0.1) is 0 Å². The monoisotopic (exact) mass is 186 g/mol. The van der Waals surface area contributed by atoms with E-state index in [4.69, 9.17) is 4.74 Å². The third-order valence-electron chi connectivity index (χ3n) is 2.57. The maximum Gasteiger partial charge on any atom is 0.311 e. The summed E-state index contributed by atoms with van der Waals surface area (Å²) in [5.41, 5.74) is 0. The van der Waals surface area contributed by atoms with Crippen molar-refractivity contribution in [3.8, 4) is 0 Å². The summed E-state index contributed by atoms with van der Waals surface area (Å²) in [4.78, 5) is 11.4. The van der Waals surface area contributed by atoms with Gasteiger partial charge in [0.2, 0.25) is 0 Å². The molecule has 0 saturated heterocycles. The predicted molar refractivity (Wildman–Crippen MR) is 49.2 cm³/mol. The van der Waals surface area contributed by atoms with Crippen molar-refractivity contribution in [2.75, 3.05) is 6.61 Å². The van der Waals surface area contributed by atoms with Crippen LogP contribution in [0.4, 0.5) is 0 Å². The third-order valence-corrected chi connectivity index (χ3v) is 2.57. The highest BCUT2D eigenvalue weighted by Crippen LogP contribution is 2.24. The summed E-state index contributed by atoms with van der Waals surface area (Å²) in [6, 6.07) is 0. The SMILES string of the molecule is CCOC(=O)[C@@H]1CCCCC[C@@H]1O. The van der Waals surface area contributed by atoms with Crippen molar-refractivity contribution in [2.45, 2.75) is 45.1 Å². The summed E-state index contributed by atoms with van der Waals surface area (Å²) in [5.74, 6) is -0.501. The Balaban J connectivity index is 2.48. The molecule has 1 aliphatic rings. The molecular formula is C10H18O3. The van der Waals surface area contributed by atoms with Gasteiger partial charge in [0.1, 0.15) is 0 Å². The number of rotatable bonds is 2. The minimum atomic E-state index is -0.485. The van der Waals surface area contributed by atoms with Gasteiger partial charge in [0.25, 0.3) is 0 Å². The van der Waals surface area contributed by atoms with E-state index in [9.17, 15) is 9.90 Å². The van der Waals surface area contributed by atoms with Crippen LogP contribution in [0.5, 0.6) is 0 Å². The molecule has 0 aromatic heterocycles. The molecule has 76 valence electrons. The van der Waals surface area contributed by atoms with E-state index in [1.165, 1.54) is 0 Å². The number of hydrogen-bond acceptors (Lipinski definition) is 3. The molecule has 0 aromatic carbocycles. The van der Waals surface area contributed by atoms with E-state index in [1.54, 1.807) is 6.92 Å². The van der Waals surface area contributed by atoms with Gasteiger partial charge in [-0.2, -0.15) is 0 Å². The minimum absolute atomic E-state index is 0.225. The number of esters is 1. The second-order valence-electron chi connectivity index (χ2n) is 3.56. The molecule has 0 radical (unpaired) electrons. The van der Waals surface area contributed by atoms with Gasteiger partial charge < -0.3 is 9.84 Å². The lowest BCUT2D eigenvalue weighted by molar-refractivity contribution is -0.152. The van der Waals surface area contributed by atoms with Gasteiger partial charge in [0.15, 0.2) is 0 Å². The average Bonchev–Trinajstić information content (AvgIpc) is 2.30. The maximum absolute atomic E-state index is 11.4. The molecule has 1 saturated carbocycles. The van der Waals surface area contributed by atoms with Crippen molar-refractivity contribution >= 4 is 5.97 Å². The maximum atomic E-state index is 11.4. The van der Waals surface area contributed by atoms with E-state index >= 15 is 0 Å². The zero-order chi connectivity index (χ0) is 9.68. The van der Waals surface area contributed by atoms with Crippen LogP contribution in [0.25, 0.3) is 0 Å². The normalized spacial score (nSPS) is 29.4. The second kappa shape index (κ2) is 5.22. The zero-order valence-corrected chi connectivity index (χ0v) is 8.16. The van der Waals surface area contributed by atoms with Crippen molar-refractivity contribution in [1.82, 2.24) is 0 Å². The van der Waals surface area contributed by atoms with Crippen LogP contribution in [0.1, 0.15) is 39.0 Å². The highest BCUT2D eigenvalue weighted by Gasteiger charge is 2.28. The highest BCUT2D eigenvalue weighted by atomic mass is 16.5. The van der Waals surface area contributed by atoms with Crippen LogP contribution in [0.3, 0.4) is 0 Å². The van der Waals surface area contributed by atoms with Crippen LogP contribution >= 0.6 is 0 Å². The first-order valence-electron chi connectivity index (χ1n) is 5.10. The smallest absolute Gasteiger partial charge is 0.311 e. The Morgan fingerprint density at radius 1 is 1.38 bits per heavy atom. The number of carbonyl (C=O) groups is 1. The molecule has 3 heteroatoms. The Kier molecular flexibility index (Phi) is 4.22.